The minimum atomic E-state index is -3.77. The number of hydrogen-bond donors (Lipinski definition) is 0. The fraction of sp³-hybridized carbons (Fsp3) is 0.316. The van der Waals surface area contributed by atoms with Crippen LogP contribution in [0.25, 0.3) is 0 Å². The second-order valence-corrected chi connectivity index (χ2v) is 9.09. The Balaban J connectivity index is 1.53. The molecule has 1 saturated heterocycles. The van der Waals surface area contributed by atoms with Crippen LogP contribution in [0.2, 0.25) is 10.0 Å². The zero-order valence-corrected chi connectivity index (χ0v) is 17.4. The van der Waals surface area contributed by atoms with Gasteiger partial charge >= 0.3 is 0 Å². The number of carbonyl (C=O) groups is 1. The van der Waals surface area contributed by atoms with Gasteiger partial charge in [0.1, 0.15) is 11.5 Å². The molecular weight excluding hydrogens is 423 g/mol. The molecule has 1 amide bonds. The van der Waals surface area contributed by atoms with Crippen LogP contribution in [0.3, 0.4) is 0 Å². The molecule has 150 valence electrons. The van der Waals surface area contributed by atoms with E-state index in [1.165, 1.54) is 22.5 Å². The Hall–Kier alpha value is -1.64. The molecule has 1 heterocycles. The summed E-state index contributed by atoms with van der Waals surface area (Å²) in [6, 6.07) is 13.9. The van der Waals surface area contributed by atoms with Crippen molar-refractivity contribution in [1.29, 1.82) is 0 Å². The Labute approximate surface area is 174 Å². The number of benzene rings is 2. The summed E-state index contributed by atoms with van der Waals surface area (Å²) in [6.45, 7) is 1.29. The Morgan fingerprint density at radius 3 is 2.36 bits per heavy atom. The highest BCUT2D eigenvalue weighted by atomic mass is 35.5. The van der Waals surface area contributed by atoms with Crippen molar-refractivity contribution in [3.63, 3.8) is 0 Å². The van der Waals surface area contributed by atoms with Gasteiger partial charge in [-0.05, 0) is 23.8 Å². The number of amides is 1. The highest BCUT2D eigenvalue weighted by Crippen LogP contribution is 2.28. The van der Waals surface area contributed by atoms with E-state index in [1.807, 2.05) is 30.3 Å². The summed E-state index contributed by atoms with van der Waals surface area (Å²) >= 11 is 12.0. The van der Waals surface area contributed by atoms with E-state index in [9.17, 15) is 13.2 Å². The maximum atomic E-state index is 12.8. The Bertz CT molecular complexity index is 930. The van der Waals surface area contributed by atoms with Crippen molar-refractivity contribution in [2.24, 2.45) is 0 Å². The first-order valence-corrected chi connectivity index (χ1v) is 10.9. The number of ether oxygens (including phenoxy) is 1. The Morgan fingerprint density at radius 1 is 1.00 bits per heavy atom. The van der Waals surface area contributed by atoms with Crippen LogP contribution < -0.4 is 0 Å². The van der Waals surface area contributed by atoms with Gasteiger partial charge in [-0.15, -0.1) is 0 Å². The number of piperazine rings is 1. The average Bonchev–Trinajstić information content (AvgIpc) is 2.70. The molecule has 6 nitrogen and oxygen atoms in total. The van der Waals surface area contributed by atoms with E-state index in [0.717, 1.165) is 5.56 Å². The van der Waals surface area contributed by atoms with Crippen LogP contribution in [0.4, 0.5) is 0 Å². The molecule has 2 aromatic rings. The highest BCUT2D eigenvalue weighted by molar-refractivity contribution is 7.89. The number of nitrogens with zero attached hydrogens (tertiary/aromatic N) is 2. The van der Waals surface area contributed by atoms with E-state index in [-0.39, 0.29) is 35.5 Å². The van der Waals surface area contributed by atoms with Crippen LogP contribution in [0.1, 0.15) is 5.56 Å². The van der Waals surface area contributed by atoms with Gasteiger partial charge in [0, 0.05) is 31.2 Å². The summed E-state index contributed by atoms with van der Waals surface area (Å²) < 4.78 is 32.4. The molecule has 1 aliphatic rings. The van der Waals surface area contributed by atoms with Gasteiger partial charge in [-0.1, -0.05) is 53.5 Å². The van der Waals surface area contributed by atoms with Crippen molar-refractivity contribution in [1.82, 2.24) is 9.21 Å². The zero-order chi connectivity index (χ0) is 20.1. The lowest BCUT2D eigenvalue weighted by atomic mass is 10.2. The van der Waals surface area contributed by atoms with E-state index >= 15 is 0 Å². The number of sulfonamides is 1. The van der Waals surface area contributed by atoms with Gasteiger partial charge in [-0.3, -0.25) is 4.79 Å². The fourth-order valence-electron chi connectivity index (χ4n) is 2.91. The summed E-state index contributed by atoms with van der Waals surface area (Å²) in [5, 5.41) is 0.421. The smallest absolute Gasteiger partial charge is 0.248 e. The summed E-state index contributed by atoms with van der Waals surface area (Å²) in [5.74, 6) is -0.159. The van der Waals surface area contributed by atoms with Gasteiger partial charge in [-0.2, -0.15) is 4.31 Å². The largest absolute Gasteiger partial charge is 0.367 e. The first-order chi connectivity index (χ1) is 13.4. The van der Waals surface area contributed by atoms with Crippen LogP contribution in [0.15, 0.2) is 53.4 Å². The minimum absolute atomic E-state index is 0.0207. The average molecular weight is 443 g/mol. The van der Waals surface area contributed by atoms with Crippen molar-refractivity contribution < 1.29 is 17.9 Å². The normalized spacial score (nSPS) is 15.6. The quantitative estimate of drug-likeness (QED) is 0.689. The predicted molar refractivity (Wildman–Crippen MR) is 108 cm³/mol. The molecule has 9 heteroatoms. The molecule has 0 saturated carbocycles. The van der Waals surface area contributed by atoms with Crippen LogP contribution in [-0.4, -0.2) is 56.3 Å². The number of hydrogen-bond acceptors (Lipinski definition) is 4. The first-order valence-electron chi connectivity index (χ1n) is 8.72. The maximum absolute atomic E-state index is 12.8. The van der Waals surface area contributed by atoms with E-state index in [1.54, 1.807) is 4.90 Å². The lowest BCUT2D eigenvalue weighted by Gasteiger charge is -2.34. The van der Waals surface area contributed by atoms with E-state index < -0.39 is 10.0 Å². The van der Waals surface area contributed by atoms with Crippen molar-refractivity contribution >= 4 is 39.1 Å². The summed E-state index contributed by atoms with van der Waals surface area (Å²) in [5.41, 5.74) is 0.990. The molecular formula is C19H20Cl2N2O4S. The topological polar surface area (TPSA) is 66.9 Å². The molecule has 1 fully saturated rings. The number of halogens is 2. The third-order valence-corrected chi connectivity index (χ3v) is 7.05. The van der Waals surface area contributed by atoms with Gasteiger partial charge in [0.25, 0.3) is 0 Å². The van der Waals surface area contributed by atoms with Gasteiger partial charge in [0.15, 0.2) is 0 Å². The second-order valence-electron chi connectivity index (χ2n) is 6.34. The molecule has 0 N–H and O–H groups in total. The van der Waals surface area contributed by atoms with Gasteiger partial charge < -0.3 is 9.64 Å². The van der Waals surface area contributed by atoms with E-state index in [2.05, 4.69) is 0 Å². The van der Waals surface area contributed by atoms with Crippen molar-refractivity contribution in [2.75, 3.05) is 32.8 Å². The molecule has 1 aliphatic heterocycles. The molecule has 3 rings (SSSR count). The minimum Gasteiger partial charge on any atom is -0.367 e. The Morgan fingerprint density at radius 2 is 1.68 bits per heavy atom. The highest BCUT2D eigenvalue weighted by Gasteiger charge is 2.31. The van der Waals surface area contributed by atoms with Crippen LogP contribution in [0, 0.1) is 0 Å². The molecule has 0 unspecified atom stereocenters. The summed E-state index contributed by atoms with van der Waals surface area (Å²) in [7, 11) is -3.77. The van der Waals surface area contributed by atoms with Crippen molar-refractivity contribution in [3.05, 3.63) is 64.1 Å². The molecule has 0 radical (unpaired) electrons. The van der Waals surface area contributed by atoms with Gasteiger partial charge in [0.05, 0.1) is 11.6 Å². The molecule has 0 aromatic heterocycles. The molecule has 0 bridgehead atoms. The molecule has 2 aromatic carbocycles. The number of rotatable bonds is 6. The predicted octanol–water partition coefficient (Wildman–Crippen LogP) is 3.04. The van der Waals surface area contributed by atoms with Crippen LogP contribution in [-0.2, 0) is 26.2 Å². The monoisotopic (exact) mass is 442 g/mol. The molecule has 0 aliphatic carbocycles. The third-order valence-electron chi connectivity index (χ3n) is 4.44. The van der Waals surface area contributed by atoms with Crippen LogP contribution >= 0.6 is 23.2 Å². The lowest BCUT2D eigenvalue weighted by Crippen LogP contribution is -2.51. The zero-order valence-electron chi connectivity index (χ0n) is 15.1. The van der Waals surface area contributed by atoms with Gasteiger partial charge in [-0.25, -0.2) is 8.42 Å². The first kappa shape index (κ1) is 21.1. The molecule has 0 atom stereocenters. The van der Waals surface area contributed by atoms with Crippen molar-refractivity contribution in [3.8, 4) is 0 Å². The number of carbonyl (C=O) groups excluding carboxylic acids is 1. The second kappa shape index (κ2) is 9.24. The summed E-state index contributed by atoms with van der Waals surface area (Å²) in [6.07, 6.45) is 0. The lowest BCUT2D eigenvalue weighted by molar-refractivity contribution is -0.137. The third kappa shape index (κ3) is 5.04. The van der Waals surface area contributed by atoms with Crippen molar-refractivity contribution in [2.45, 2.75) is 11.5 Å². The SMILES string of the molecule is O=C(COCc1ccccc1)N1CCN(S(=O)(=O)c2cc(Cl)ccc2Cl)CC1. The Kier molecular flexibility index (Phi) is 6.95. The maximum Gasteiger partial charge on any atom is 0.248 e. The fourth-order valence-corrected chi connectivity index (χ4v) is 5.07. The molecule has 0 spiro atoms. The van der Waals surface area contributed by atoms with Crippen LogP contribution in [0.5, 0.6) is 0 Å². The van der Waals surface area contributed by atoms with E-state index in [0.29, 0.717) is 24.7 Å². The van der Waals surface area contributed by atoms with Gasteiger partial charge in [0.2, 0.25) is 15.9 Å². The molecule has 28 heavy (non-hydrogen) atoms. The summed E-state index contributed by atoms with van der Waals surface area (Å²) in [4.78, 5) is 13.9. The standard InChI is InChI=1S/C19H20Cl2N2O4S/c20-16-6-7-17(21)18(12-16)28(25,26)23-10-8-22(9-11-23)19(24)14-27-13-15-4-2-1-3-5-15/h1-7,12H,8-11,13-14H2. The van der Waals surface area contributed by atoms with E-state index in [4.69, 9.17) is 27.9 Å².